The zero-order valence-electron chi connectivity index (χ0n) is 17.9. The minimum atomic E-state index is -0.348. The average Bonchev–Trinajstić information content (AvgIpc) is 3.16. The fourth-order valence-electron chi connectivity index (χ4n) is 4.44. The highest BCUT2D eigenvalue weighted by Crippen LogP contribution is 2.27. The van der Waals surface area contributed by atoms with Crippen LogP contribution in [0.3, 0.4) is 0 Å². The first kappa shape index (κ1) is 21.1. The molecule has 3 amide bonds. The van der Waals surface area contributed by atoms with E-state index in [9.17, 15) is 14.4 Å². The number of hydrogen-bond donors (Lipinski definition) is 2. The predicted molar refractivity (Wildman–Crippen MR) is 121 cm³/mol. The summed E-state index contributed by atoms with van der Waals surface area (Å²) in [6.45, 7) is 2.32. The molecule has 2 aromatic carbocycles. The monoisotopic (exact) mass is 419 g/mol. The van der Waals surface area contributed by atoms with Crippen molar-refractivity contribution in [2.45, 2.75) is 51.5 Å². The van der Waals surface area contributed by atoms with Gasteiger partial charge in [-0.2, -0.15) is 0 Å². The van der Waals surface area contributed by atoms with Crippen molar-refractivity contribution >= 4 is 29.1 Å². The van der Waals surface area contributed by atoms with Gasteiger partial charge in [-0.3, -0.25) is 14.4 Å². The average molecular weight is 420 g/mol. The highest BCUT2D eigenvalue weighted by atomic mass is 16.2. The van der Waals surface area contributed by atoms with Crippen molar-refractivity contribution in [1.82, 2.24) is 5.32 Å². The zero-order valence-corrected chi connectivity index (χ0v) is 17.9. The molecule has 1 aliphatic heterocycles. The fourth-order valence-corrected chi connectivity index (χ4v) is 4.44. The molecule has 162 valence electrons. The fraction of sp³-hybridized carbons (Fsp3) is 0.400. The number of rotatable bonds is 5. The van der Waals surface area contributed by atoms with Gasteiger partial charge >= 0.3 is 0 Å². The first-order valence-electron chi connectivity index (χ1n) is 11.1. The van der Waals surface area contributed by atoms with Crippen molar-refractivity contribution in [3.8, 4) is 0 Å². The van der Waals surface area contributed by atoms with Gasteiger partial charge in [-0.15, -0.1) is 0 Å². The second kappa shape index (κ2) is 9.33. The Bertz CT molecular complexity index is 981. The van der Waals surface area contributed by atoms with Gasteiger partial charge in [0, 0.05) is 35.9 Å². The van der Waals surface area contributed by atoms with Gasteiger partial charge in [0.25, 0.3) is 5.91 Å². The quantitative estimate of drug-likeness (QED) is 0.767. The van der Waals surface area contributed by atoms with Crippen LogP contribution in [0.4, 0.5) is 11.4 Å². The third-order valence-corrected chi connectivity index (χ3v) is 6.14. The van der Waals surface area contributed by atoms with Gasteiger partial charge in [-0.1, -0.05) is 37.5 Å². The molecule has 2 aliphatic rings. The Morgan fingerprint density at radius 2 is 1.77 bits per heavy atom. The van der Waals surface area contributed by atoms with Crippen LogP contribution in [0.25, 0.3) is 0 Å². The number of benzene rings is 2. The molecule has 0 aromatic heterocycles. The first-order valence-corrected chi connectivity index (χ1v) is 11.1. The van der Waals surface area contributed by atoms with Crippen molar-refractivity contribution in [2.24, 2.45) is 5.92 Å². The van der Waals surface area contributed by atoms with Gasteiger partial charge in [0.2, 0.25) is 11.8 Å². The molecule has 0 bridgehead atoms. The maximum atomic E-state index is 12.7. The summed E-state index contributed by atoms with van der Waals surface area (Å²) in [5, 5.41) is 6.03. The van der Waals surface area contributed by atoms with Crippen LogP contribution in [0.15, 0.2) is 48.5 Å². The molecule has 6 nitrogen and oxygen atoms in total. The lowest BCUT2D eigenvalue weighted by Crippen LogP contribution is -2.40. The number of aryl methyl sites for hydroxylation is 1. The Labute approximate surface area is 183 Å². The van der Waals surface area contributed by atoms with E-state index in [2.05, 4.69) is 10.6 Å². The lowest BCUT2D eigenvalue weighted by Gasteiger charge is -2.24. The highest BCUT2D eigenvalue weighted by molar-refractivity contribution is 6.06. The molecule has 0 radical (unpaired) electrons. The minimum Gasteiger partial charge on any atom is -0.353 e. The van der Waals surface area contributed by atoms with Gasteiger partial charge in [0.05, 0.1) is 5.92 Å². The van der Waals surface area contributed by atoms with E-state index >= 15 is 0 Å². The Morgan fingerprint density at radius 3 is 2.55 bits per heavy atom. The number of carbonyl (C=O) groups excluding carboxylic acids is 3. The van der Waals surface area contributed by atoms with Gasteiger partial charge in [-0.05, 0) is 55.7 Å². The molecule has 2 N–H and O–H groups in total. The van der Waals surface area contributed by atoms with Crippen molar-refractivity contribution in [2.75, 3.05) is 16.8 Å². The van der Waals surface area contributed by atoms with E-state index < -0.39 is 0 Å². The summed E-state index contributed by atoms with van der Waals surface area (Å²) in [6, 6.07) is 14.9. The molecule has 1 aliphatic carbocycles. The van der Waals surface area contributed by atoms with E-state index in [1.54, 1.807) is 23.1 Å². The molecular formula is C25H29N3O3. The smallest absolute Gasteiger partial charge is 0.255 e. The molecule has 0 spiro atoms. The van der Waals surface area contributed by atoms with E-state index in [0.717, 1.165) is 36.9 Å². The second-order valence-electron chi connectivity index (χ2n) is 8.62. The van der Waals surface area contributed by atoms with Crippen LogP contribution >= 0.6 is 0 Å². The lowest BCUT2D eigenvalue weighted by atomic mass is 9.95. The molecule has 0 unspecified atom stereocenters. The third kappa shape index (κ3) is 5.13. The molecule has 2 fully saturated rings. The number of anilines is 2. The highest BCUT2D eigenvalue weighted by Gasteiger charge is 2.36. The standard InChI is InChI=1S/C25H29N3O3/c1-17-7-5-11-21(13-17)27-24(30)18-8-6-12-22(14-18)28-16-19(15-23(28)29)25(31)26-20-9-3-2-4-10-20/h5-8,11-14,19-20H,2-4,9-10,15-16H2,1H3,(H,26,31)(H,27,30)/t19-/m0/s1. The summed E-state index contributed by atoms with van der Waals surface area (Å²) in [5.41, 5.74) is 2.91. The van der Waals surface area contributed by atoms with Crippen LogP contribution in [-0.4, -0.2) is 30.3 Å². The number of nitrogens with one attached hydrogen (secondary N) is 2. The second-order valence-corrected chi connectivity index (χ2v) is 8.62. The SMILES string of the molecule is Cc1cccc(NC(=O)c2cccc(N3C[C@@H](C(=O)NC4CCCCC4)CC3=O)c2)c1. The molecule has 1 atom stereocenters. The van der Waals surface area contributed by atoms with Crippen LogP contribution in [0.5, 0.6) is 0 Å². The molecule has 4 rings (SSSR count). The molecule has 1 heterocycles. The van der Waals surface area contributed by atoms with Crippen molar-refractivity contribution < 1.29 is 14.4 Å². The Hall–Kier alpha value is -3.15. The van der Waals surface area contributed by atoms with Crippen LogP contribution in [0.2, 0.25) is 0 Å². The Kier molecular flexibility index (Phi) is 6.35. The molecule has 31 heavy (non-hydrogen) atoms. The van der Waals surface area contributed by atoms with E-state index in [0.29, 0.717) is 17.8 Å². The maximum Gasteiger partial charge on any atom is 0.255 e. The molecule has 2 aromatic rings. The first-order chi connectivity index (χ1) is 15.0. The number of nitrogens with zero attached hydrogens (tertiary/aromatic N) is 1. The van der Waals surface area contributed by atoms with Crippen LogP contribution in [0.1, 0.15) is 54.4 Å². The van der Waals surface area contributed by atoms with Gasteiger partial charge in [0.15, 0.2) is 0 Å². The Balaban J connectivity index is 1.41. The van der Waals surface area contributed by atoms with Crippen LogP contribution in [0, 0.1) is 12.8 Å². The summed E-state index contributed by atoms with van der Waals surface area (Å²) in [7, 11) is 0. The van der Waals surface area contributed by atoms with Crippen molar-refractivity contribution in [3.05, 3.63) is 59.7 Å². The number of hydrogen-bond acceptors (Lipinski definition) is 3. The largest absolute Gasteiger partial charge is 0.353 e. The predicted octanol–water partition coefficient (Wildman–Crippen LogP) is 4.05. The third-order valence-electron chi connectivity index (χ3n) is 6.14. The number of amides is 3. The van der Waals surface area contributed by atoms with Crippen molar-refractivity contribution in [1.29, 1.82) is 0 Å². The Morgan fingerprint density at radius 1 is 1.00 bits per heavy atom. The topological polar surface area (TPSA) is 78.5 Å². The van der Waals surface area contributed by atoms with Gasteiger partial charge in [0.1, 0.15) is 0 Å². The normalized spacial score (nSPS) is 19.3. The minimum absolute atomic E-state index is 0.0314. The summed E-state index contributed by atoms with van der Waals surface area (Å²) >= 11 is 0. The summed E-state index contributed by atoms with van der Waals surface area (Å²) in [4.78, 5) is 39.6. The summed E-state index contributed by atoms with van der Waals surface area (Å²) in [5.74, 6) is -0.693. The van der Waals surface area contributed by atoms with E-state index in [1.807, 2.05) is 37.3 Å². The van der Waals surface area contributed by atoms with E-state index in [-0.39, 0.29) is 36.1 Å². The molecule has 6 heteroatoms. The van der Waals surface area contributed by atoms with Crippen LogP contribution < -0.4 is 15.5 Å². The summed E-state index contributed by atoms with van der Waals surface area (Å²) < 4.78 is 0. The van der Waals surface area contributed by atoms with Crippen LogP contribution in [-0.2, 0) is 9.59 Å². The van der Waals surface area contributed by atoms with E-state index in [4.69, 9.17) is 0 Å². The van der Waals surface area contributed by atoms with E-state index in [1.165, 1.54) is 6.42 Å². The van der Waals surface area contributed by atoms with Gasteiger partial charge < -0.3 is 15.5 Å². The lowest BCUT2D eigenvalue weighted by molar-refractivity contribution is -0.127. The van der Waals surface area contributed by atoms with Crippen molar-refractivity contribution in [3.63, 3.8) is 0 Å². The zero-order chi connectivity index (χ0) is 21.8. The molecule has 1 saturated carbocycles. The maximum absolute atomic E-state index is 12.7. The number of carbonyl (C=O) groups is 3. The van der Waals surface area contributed by atoms with Gasteiger partial charge in [-0.25, -0.2) is 0 Å². The molecule has 1 saturated heterocycles. The molecular weight excluding hydrogens is 390 g/mol. The summed E-state index contributed by atoms with van der Waals surface area (Å²) in [6.07, 6.45) is 5.78.